The third-order valence-corrected chi connectivity index (χ3v) is 6.11. The summed E-state index contributed by atoms with van der Waals surface area (Å²) in [5.74, 6) is -0.206. The fourth-order valence-corrected chi connectivity index (χ4v) is 4.66. The van der Waals surface area contributed by atoms with Crippen LogP contribution in [0.2, 0.25) is 0 Å². The van der Waals surface area contributed by atoms with Crippen molar-refractivity contribution in [3.63, 3.8) is 0 Å². The van der Waals surface area contributed by atoms with Crippen molar-refractivity contribution < 1.29 is 14.3 Å². The lowest BCUT2D eigenvalue weighted by atomic mass is 9.90. The summed E-state index contributed by atoms with van der Waals surface area (Å²) in [6.07, 6.45) is 6.63. The van der Waals surface area contributed by atoms with Gasteiger partial charge < -0.3 is 21.1 Å². The Labute approximate surface area is 220 Å². The maximum atomic E-state index is 14.4. The number of aryl methyl sites for hydroxylation is 1. The molecule has 1 saturated heterocycles. The van der Waals surface area contributed by atoms with Gasteiger partial charge in [-0.05, 0) is 55.5 Å². The van der Waals surface area contributed by atoms with Crippen LogP contribution >= 0.6 is 0 Å². The summed E-state index contributed by atoms with van der Waals surface area (Å²) in [7, 11) is 1.00. The number of rotatable bonds is 6. The second kappa shape index (κ2) is 15.0. The molecule has 37 heavy (non-hydrogen) atoms. The van der Waals surface area contributed by atoms with Crippen LogP contribution in [0.5, 0.6) is 0 Å². The summed E-state index contributed by atoms with van der Waals surface area (Å²) < 4.78 is 14.4. The molecule has 1 fully saturated rings. The Kier molecular flexibility index (Phi) is 12.1. The van der Waals surface area contributed by atoms with Crippen molar-refractivity contribution in [3.8, 4) is 11.3 Å². The molecule has 200 valence electrons. The zero-order chi connectivity index (χ0) is 27.4. The van der Waals surface area contributed by atoms with Crippen LogP contribution in [-0.4, -0.2) is 47.2 Å². The number of piperidine rings is 1. The number of carbonyl (C=O) groups excluding carboxylic acids is 1. The van der Waals surface area contributed by atoms with Crippen LogP contribution < -0.4 is 16.0 Å². The number of halogens is 1. The van der Waals surface area contributed by atoms with Crippen LogP contribution in [0.25, 0.3) is 11.3 Å². The number of nitrogens with one attached hydrogen (secondary N) is 1. The molecule has 0 spiro atoms. The van der Waals surface area contributed by atoms with E-state index in [1.165, 1.54) is 6.07 Å². The lowest BCUT2D eigenvalue weighted by Gasteiger charge is -2.38. The Hall–Kier alpha value is -3.36. The first-order valence-corrected chi connectivity index (χ1v) is 12.9. The molecule has 2 aromatic heterocycles. The minimum atomic E-state index is -0.369. The molecule has 0 radical (unpaired) electrons. The van der Waals surface area contributed by atoms with Crippen molar-refractivity contribution in [3.05, 3.63) is 71.9 Å². The first kappa shape index (κ1) is 29.9. The van der Waals surface area contributed by atoms with Crippen molar-refractivity contribution in [2.75, 3.05) is 30.4 Å². The van der Waals surface area contributed by atoms with Gasteiger partial charge in [0, 0.05) is 38.0 Å². The third-order valence-electron chi connectivity index (χ3n) is 6.11. The highest BCUT2D eigenvalue weighted by Crippen LogP contribution is 2.31. The summed E-state index contributed by atoms with van der Waals surface area (Å²) in [4.78, 5) is 24.0. The molecule has 8 heteroatoms. The maximum Gasteiger partial charge on any atom is 0.274 e. The second-order valence-electron chi connectivity index (χ2n) is 8.74. The van der Waals surface area contributed by atoms with E-state index in [1.807, 2.05) is 32.9 Å². The van der Waals surface area contributed by atoms with Crippen molar-refractivity contribution in [1.82, 2.24) is 9.97 Å². The minimum absolute atomic E-state index is 0.0920. The van der Waals surface area contributed by atoms with Gasteiger partial charge in [0.1, 0.15) is 11.5 Å². The Morgan fingerprint density at radius 2 is 1.89 bits per heavy atom. The van der Waals surface area contributed by atoms with Gasteiger partial charge in [0.05, 0.1) is 23.3 Å². The van der Waals surface area contributed by atoms with E-state index in [1.54, 1.807) is 36.7 Å². The average molecular weight is 510 g/mol. The molecular weight excluding hydrogens is 469 g/mol. The van der Waals surface area contributed by atoms with Gasteiger partial charge in [0.25, 0.3) is 5.91 Å². The SMILES string of the molecule is CC.CCCC1CC(N)CN(c2ccncc2NC(=O)c2cccc(-c3c(C)cccc3F)n2)C1.CO. The van der Waals surface area contributed by atoms with Crippen LogP contribution in [0, 0.1) is 18.7 Å². The highest BCUT2D eigenvalue weighted by Gasteiger charge is 2.26. The van der Waals surface area contributed by atoms with E-state index in [9.17, 15) is 9.18 Å². The van der Waals surface area contributed by atoms with Crippen LogP contribution in [0.3, 0.4) is 0 Å². The van der Waals surface area contributed by atoms with E-state index in [4.69, 9.17) is 10.8 Å². The topological polar surface area (TPSA) is 104 Å². The highest BCUT2D eigenvalue weighted by atomic mass is 19.1. The number of aliphatic hydroxyl groups is 1. The number of carbonyl (C=O) groups is 1. The first-order valence-electron chi connectivity index (χ1n) is 12.9. The Balaban J connectivity index is 0.00000115. The number of hydrogen-bond acceptors (Lipinski definition) is 6. The molecule has 1 aliphatic rings. The van der Waals surface area contributed by atoms with Gasteiger partial charge >= 0.3 is 0 Å². The third kappa shape index (κ3) is 7.81. The second-order valence-corrected chi connectivity index (χ2v) is 8.74. The van der Waals surface area contributed by atoms with Crippen LogP contribution in [0.4, 0.5) is 15.8 Å². The molecule has 2 unspecified atom stereocenters. The monoisotopic (exact) mass is 509 g/mol. The summed E-state index contributed by atoms with van der Waals surface area (Å²) in [5.41, 5.74) is 9.65. The predicted molar refractivity (Wildman–Crippen MR) is 149 cm³/mol. The maximum absolute atomic E-state index is 14.4. The van der Waals surface area contributed by atoms with Crippen LogP contribution in [0.15, 0.2) is 54.9 Å². The van der Waals surface area contributed by atoms with E-state index in [0.29, 0.717) is 22.9 Å². The Bertz CT molecular complexity index is 1120. The molecule has 3 aromatic rings. The van der Waals surface area contributed by atoms with Crippen molar-refractivity contribution >= 4 is 17.3 Å². The smallest absolute Gasteiger partial charge is 0.274 e. The standard InChI is InChI=1S/C26H30FN5O.C2H6.CH4O/c1-3-6-18-13-19(28)16-32(15-18)24-11-12-29-14-23(24)31-26(33)22-10-5-9-21(30-22)25-17(2)7-4-8-20(25)27;2*1-2/h4-5,7-12,14,18-19H,3,6,13,15-16,28H2,1-2H3,(H,31,33);1-2H3;2H,1H3. The molecule has 4 rings (SSSR count). The van der Waals surface area contributed by atoms with Gasteiger partial charge in [-0.3, -0.25) is 9.78 Å². The number of hydrogen-bond donors (Lipinski definition) is 3. The molecule has 0 bridgehead atoms. The quantitative estimate of drug-likeness (QED) is 0.409. The van der Waals surface area contributed by atoms with Crippen molar-refractivity contribution in [2.24, 2.45) is 11.7 Å². The number of aromatic nitrogens is 2. The van der Waals surface area contributed by atoms with Gasteiger partial charge in [-0.2, -0.15) is 0 Å². The van der Waals surface area contributed by atoms with E-state index >= 15 is 0 Å². The molecule has 1 aromatic carbocycles. The highest BCUT2D eigenvalue weighted by molar-refractivity contribution is 6.04. The van der Waals surface area contributed by atoms with Gasteiger partial charge in [-0.15, -0.1) is 0 Å². The Morgan fingerprint density at radius 1 is 1.16 bits per heavy atom. The number of nitrogens with two attached hydrogens (primary N) is 1. The summed E-state index contributed by atoms with van der Waals surface area (Å²) in [5, 5.41) is 9.95. The number of aliphatic hydroxyl groups excluding tert-OH is 1. The largest absolute Gasteiger partial charge is 0.400 e. The molecular formula is C29H40FN5O2. The number of anilines is 2. The molecule has 4 N–H and O–H groups in total. The lowest BCUT2D eigenvalue weighted by Crippen LogP contribution is -2.47. The van der Waals surface area contributed by atoms with E-state index in [-0.39, 0.29) is 23.5 Å². The first-order chi connectivity index (χ1) is 18.0. The number of benzene rings is 1. The fraction of sp³-hybridized carbons (Fsp3) is 0.414. The minimum Gasteiger partial charge on any atom is -0.400 e. The van der Waals surface area contributed by atoms with Gasteiger partial charge in [-0.1, -0.05) is 45.4 Å². The lowest BCUT2D eigenvalue weighted by molar-refractivity contribution is 0.102. The van der Waals surface area contributed by atoms with Gasteiger partial charge in [-0.25, -0.2) is 9.37 Å². The van der Waals surface area contributed by atoms with E-state index in [0.717, 1.165) is 50.7 Å². The summed E-state index contributed by atoms with van der Waals surface area (Å²) in [6.45, 7) is 9.64. The molecule has 2 atom stereocenters. The normalized spacial score (nSPS) is 16.6. The molecule has 0 aliphatic carbocycles. The average Bonchev–Trinajstić information content (AvgIpc) is 2.91. The molecule has 3 heterocycles. The summed E-state index contributed by atoms with van der Waals surface area (Å²) in [6, 6.07) is 11.9. The zero-order valence-electron chi connectivity index (χ0n) is 22.5. The zero-order valence-corrected chi connectivity index (χ0v) is 22.5. The van der Waals surface area contributed by atoms with Crippen molar-refractivity contribution in [1.29, 1.82) is 0 Å². The summed E-state index contributed by atoms with van der Waals surface area (Å²) >= 11 is 0. The number of amides is 1. The number of nitrogens with zero attached hydrogens (tertiary/aromatic N) is 3. The molecule has 0 saturated carbocycles. The van der Waals surface area contributed by atoms with Crippen LogP contribution in [-0.2, 0) is 0 Å². The van der Waals surface area contributed by atoms with E-state index in [2.05, 4.69) is 27.1 Å². The Morgan fingerprint density at radius 3 is 2.59 bits per heavy atom. The molecule has 7 nitrogen and oxygen atoms in total. The molecule has 1 aliphatic heterocycles. The van der Waals surface area contributed by atoms with E-state index < -0.39 is 0 Å². The van der Waals surface area contributed by atoms with Gasteiger partial charge in [0.2, 0.25) is 0 Å². The predicted octanol–water partition coefficient (Wildman–Crippen LogP) is 5.43. The van der Waals surface area contributed by atoms with Gasteiger partial charge in [0.15, 0.2) is 0 Å². The molecule has 1 amide bonds. The number of pyridine rings is 2. The van der Waals surface area contributed by atoms with Crippen LogP contribution in [0.1, 0.15) is 56.1 Å². The fourth-order valence-electron chi connectivity index (χ4n) is 4.66. The van der Waals surface area contributed by atoms with Crippen molar-refractivity contribution in [2.45, 2.75) is 53.0 Å².